The molecular formula is C50H61N9O6. The zero-order valence-electron chi connectivity index (χ0n) is 38.3. The Hall–Kier alpha value is -6.19. The van der Waals surface area contributed by atoms with Crippen molar-refractivity contribution < 1.29 is 23.9 Å². The number of aromatic nitrogens is 4. The van der Waals surface area contributed by atoms with E-state index in [2.05, 4.69) is 54.1 Å². The largest absolute Gasteiger partial charge is 0.444 e. The number of amides is 3. The summed E-state index contributed by atoms with van der Waals surface area (Å²) < 4.78 is 12.1. The molecule has 0 aliphatic carbocycles. The number of fused-ring (bicyclic) bond motifs is 1. The smallest absolute Gasteiger partial charge is 0.412 e. The number of hydrogen-bond donors (Lipinski definition) is 2. The topological polar surface area (TPSA) is 166 Å². The first-order chi connectivity index (χ1) is 31.3. The Balaban J connectivity index is 0.787. The van der Waals surface area contributed by atoms with Crippen molar-refractivity contribution in [3.63, 3.8) is 0 Å². The fourth-order valence-corrected chi connectivity index (χ4v) is 8.88. The Kier molecular flexibility index (Phi) is 13.9. The first-order valence-corrected chi connectivity index (χ1v) is 23.1. The molecular weight excluding hydrogens is 823 g/mol. The van der Waals surface area contributed by atoms with Crippen molar-refractivity contribution in [2.45, 2.75) is 97.5 Å². The van der Waals surface area contributed by atoms with Gasteiger partial charge in [-0.05, 0) is 106 Å². The number of piperidine rings is 2. The van der Waals surface area contributed by atoms with Gasteiger partial charge < -0.3 is 29.2 Å². The van der Waals surface area contributed by atoms with Crippen molar-refractivity contribution in [2.75, 3.05) is 62.6 Å². The van der Waals surface area contributed by atoms with Gasteiger partial charge in [0, 0.05) is 82.4 Å². The summed E-state index contributed by atoms with van der Waals surface area (Å²) >= 11 is 0. The van der Waals surface area contributed by atoms with Crippen molar-refractivity contribution >= 4 is 40.3 Å². The van der Waals surface area contributed by atoms with Gasteiger partial charge in [-0.3, -0.25) is 29.6 Å². The third-order valence-corrected chi connectivity index (χ3v) is 12.6. The SMILES string of the molecule is CCc1cccc(-c2cnc(C(=O)N3CCC(OC4CCN(C(=O)c5ccc(N6CCN(Cc7cnc8cc(CC)c(=O)[nH]c8c7)CC6)cn5)CC4)CC3)c(NC(=O)OC(C)(C)C)c2)c1. The van der Waals surface area contributed by atoms with E-state index < -0.39 is 11.7 Å². The van der Waals surface area contributed by atoms with Crippen LogP contribution in [0.15, 0.2) is 78.0 Å². The van der Waals surface area contributed by atoms with Crippen LogP contribution in [0.1, 0.15) is 98.0 Å². The zero-order chi connectivity index (χ0) is 45.7. The maximum atomic E-state index is 13.9. The lowest BCUT2D eigenvalue weighted by molar-refractivity contribution is -0.0593. The molecule has 3 amide bonds. The molecule has 15 heteroatoms. The first-order valence-electron chi connectivity index (χ1n) is 23.1. The van der Waals surface area contributed by atoms with Crippen LogP contribution in [0.25, 0.3) is 22.2 Å². The van der Waals surface area contributed by atoms with Crippen molar-refractivity contribution in [1.29, 1.82) is 0 Å². The van der Waals surface area contributed by atoms with Crippen LogP contribution in [0.2, 0.25) is 0 Å². The van der Waals surface area contributed by atoms with Gasteiger partial charge in [-0.25, -0.2) is 14.8 Å². The molecule has 8 rings (SSSR count). The van der Waals surface area contributed by atoms with Crippen molar-refractivity contribution in [3.8, 4) is 11.1 Å². The van der Waals surface area contributed by atoms with Gasteiger partial charge in [0.25, 0.3) is 17.4 Å². The molecule has 3 aliphatic rings. The Morgan fingerprint density at radius 1 is 0.738 bits per heavy atom. The fraction of sp³-hybridized carbons (Fsp3) is 0.460. The highest BCUT2D eigenvalue weighted by atomic mass is 16.6. The number of likely N-dealkylation sites (tertiary alicyclic amines) is 2. The minimum absolute atomic E-state index is 0.000387. The third-order valence-electron chi connectivity index (χ3n) is 12.6. The number of rotatable bonds is 11. The van der Waals surface area contributed by atoms with E-state index >= 15 is 0 Å². The minimum atomic E-state index is -0.712. The summed E-state index contributed by atoms with van der Waals surface area (Å²) in [6.45, 7) is 15.8. The molecule has 3 aliphatic heterocycles. The second-order valence-corrected chi connectivity index (χ2v) is 18.3. The predicted octanol–water partition coefficient (Wildman–Crippen LogP) is 7.10. The van der Waals surface area contributed by atoms with Crippen LogP contribution >= 0.6 is 0 Å². The number of aryl methyl sites for hydroxylation is 2. The van der Waals surface area contributed by atoms with Crippen LogP contribution in [0.5, 0.6) is 0 Å². The molecule has 7 heterocycles. The normalized spacial score (nSPS) is 16.8. The number of hydrogen-bond acceptors (Lipinski definition) is 11. The van der Waals surface area contributed by atoms with E-state index in [0.717, 1.165) is 91.0 Å². The molecule has 342 valence electrons. The van der Waals surface area contributed by atoms with E-state index in [1.807, 2.05) is 54.4 Å². The summed E-state index contributed by atoms with van der Waals surface area (Å²) in [6.07, 6.45) is 9.15. The lowest BCUT2D eigenvalue weighted by atomic mass is 10.0. The highest BCUT2D eigenvalue weighted by molar-refractivity contribution is 6.02. The number of carbonyl (C=O) groups is 3. The Morgan fingerprint density at radius 3 is 2.09 bits per heavy atom. The van der Waals surface area contributed by atoms with Crippen molar-refractivity contribution in [3.05, 3.63) is 112 Å². The molecule has 0 saturated carbocycles. The molecule has 3 fully saturated rings. The molecule has 2 N–H and O–H groups in total. The Bertz CT molecular complexity index is 2550. The summed E-state index contributed by atoms with van der Waals surface area (Å²) in [5.74, 6) is -0.323. The average Bonchev–Trinajstić information content (AvgIpc) is 3.31. The van der Waals surface area contributed by atoms with Gasteiger partial charge >= 0.3 is 6.09 Å². The number of piperazine rings is 1. The van der Waals surface area contributed by atoms with Crippen molar-refractivity contribution in [2.24, 2.45) is 0 Å². The van der Waals surface area contributed by atoms with E-state index in [1.54, 1.807) is 44.1 Å². The van der Waals surface area contributed by atoms with E-state index in [-0.39, 0.29) is 35.3 Å². The van der Waals surface area contributed by atoms with Gasteiger partial charge in [0.1, 0.15) is 11.3 Å². The van der Waals surface area contributed by atoms with Gasteiger partial charge in [-0.15, -0.1) is 0 Å². The van der Waals surface area contributed by atoms with E-state index in [9.17, 15) is 19.2 Å². The minimum Gasteiger partial charge on any atom is -0.444 e. The quantitative estimate of drug-likeness (QED) is 0.139. The molecule has 0 unspecified atom stereocenters. The summed E-state index contributed by atoms with van der Waals surface area (Å²) in [7, 11) is 0. The standard InChI is InChI=1S/C50H61N9O6/c1-6-33-9-8-10-36(25-33)37-28-44(55-49(63)65-50(3,4)5)45(53-30-37)48(62)59-19-15-40(16-20-59)64-39-13-17-58(18-14-39)47(61)41-12-11-38(31-52-41)57-23-21-56(22-24-57)32-34-26-43-42(51-29-34)27-35(7-2)46(60)54-43/h8-12,25-31,39-40H,6-7,13-24,32H2,1-5H3,(H,54,60)(H,55,63). The van der Waals surface area contributed by atoms with Crippen LogP contribution in [0.3, 0.4) is 0 Å². The van der Waals surface area contributed by atoms with Crippen LogP contribution < -0.4 is 15.8 Å². The number of nitrogens with one attached hydrogen (secondary N) is 2. The number of anilines is 2. The monoisotopic (exact) mass is 883 g/mol. The number of carbonyl (C=O) groups excluding carboxylic acids is 3. The van der Waals surface area contributed by atoms with E-state index in [1.165, 1.54) is 5.56 Å². The molecule has 0 bridgehead atoms. The molecule has 1 aromatic carbocycles. The molecule has 4 aromatic heterocycles. The number of benzene rings is 1. The predicted molar refractivity (Wildman–Crippen MR) is 251 cm³/mol. The second kappa shape index (κ2) is 19.9. The summed E-state index contributed by atoms with van der Waals surface area (Å²) in [6, 6.07) is 17.7. The maximum Gasteiger partial charge on any atom is 0.412 e. The molecule has 5 aromatic rings. The van der Waals surface area contributed by atoms with Crippen LogP contribution in [-0.2, 0) is 28.9 Å². The van der Waals surface area contributed by atoms with Gasteiger partial charge in [-0.1, -0.05) is 38.1 Å². The molecule has 0 spiro atoms. The van der Waals surface area contributed by atoms with Crippen LogP contribution in [-0.4, -0.2) is 123 Å². The Morgan fingerprint density at radius 2 is 1.45 bits per heavy atom. The lowest BCUT2D eigenvalue weighted by Crippen LogP contribution is -2.46. The highest BCUT2D eigenvalue weighted by Crippen LogP contribution is 2.29. The maximum absolute atomic E-state index is 13.9. The highest BCUT2D eigenvalue weighted by Gasteiger charge is 2.32. The Labute approximate surface area is 380 Å². The van der Waals surface area contributed by atoms with Crippen LogP contribution in [0, 0.1) is 0 Å². The van der Waals surface area contributed by atoms with Crippen LogP contribution in [0.4, 0.5) is 16.2 Å². The molecule has 65 heavy (non-hydrogen) atoms. The van der Waals surface area contributed by atoms with Gasteiger partial charge in [0.2, 0.25) is 0 Å². The number of ether oxygens (including phenoxy) is 2. The number of nitrogens with zero attached hydrogens (tertiary/aromatic N) is 7. The summed E-state index contributed by atoms with van der Waals surface area (Å²) in [4.78, 5) is 77.8. The van der Waals surface area contributed by atoms with E-state index in [0.29, 0.717) is 56.8 Å². The third kappa shape index (κ3) is 11.2. The van der Waals surface area contributed by atoms with Gasteiger partial charge in [0.05, 0.1) is 40.8 Å². The van der Waals surface area contributed by atoms with Crippen molar-refractivity contribution in [1.82, 2.24) is 34.6 Å². The number of H-pyrrole nitrogens is 1. The lowest BCUT2D eigenvalue weighted by Gasteiger charge is -2.37. The number of aromatic amines is 1. The fourth-order valence-electron chi connectivity index (χ4n) is 8.88. The molecule has 15 nitrogen and oxygen atoms in total. The van der Waals surface area contributed by atoms with E-state index in [4.69, 9.17) is 9.47 Å². The molecule has 0 radical (unpaired) electrons. The molecule has 0 atom stereocenters. The second-order valence-electron chi connectivity index (χ2n) is 18.3. The summed E-state index contributed by atoms with van der Waals surface area (Å²) in [5.41, 5.74) is 7.45. The first kappa shape index (κ1) is 45.4. The molecule has 3 saturated heterocycles. The van der Waals surface area contributed by atoms with Gasteiger partial charge in [-0.2, -0.15) is 0 Å². The zero-order valence-corrected chi connectivity index (χ0v) is 38.3. The number of pyridine rings is 4. The van der Waals surface area contributed by atoms with Gasteiger partial charge in [0.15, 0.2) is 5.69 Å². The average molecular weight is 884 g/mol. The summed E-state index contributed by atoms with van der Waals surface area (Å²) in [5, 5.41) is 2.80.